The molecule has 1 amide bonds. The summed E-state index contributed by atoms with van der Waals surface area (Å²) >= 11 is 0. The number of alkyl halides is 3. The Balaban J connectivity index is 1.66. The van der Waals surface area contributed by atoms with Crippen LogP contribution in [0.1, 0.15) is 27.0 Å². The number of amides is 1. The van der Waals surface area contributed by atoms with Crippen LogP contribution in [0, 0.1) is 13.8 Å². The Morgan fingerprint density at radius 2 is 1.61 bits per heavy atom. The lowest BCUT2D eigenvalue weighted by atomic mass is 10.1. The van der Waals surface area contributed by atoms with Crippen LogP contribution in [-0.2, 0) is 6.18 Å². The van der Waals surface area contributed by atoms with Gasteiger partial charge in [-0.25, -0.2) is 9.97 Å². The largest absolute Gasteiger partial charge is 0.416 e. The zero-order valence-corrected chi connectivity index (χ0v) is 15.1. The molecule has 1 aromatic heterocycles. The number of benzene rings is 2. The lowest BCUT2D eigenvalue weighted by Crippen LogP contribution is -2.14. The van der Waals surface area contributed by atoms with Crippen molar-refractivity contribution in [3.05, 3.63) is 77.1 Å². The van der Waals surface area contributed by atoms with Gasteiger partial charge in [0.05, 0.1) is 11.1 Å². The lowest BCUT2D eigenvalue weighted by Gasteiger charge is -2.10. The normalized spacial score (nSPS) is 11.2. The topological polar surface area (TPSA) is 66.9 Å². The van der Waals surface area contributed by atoms with Crippen LogP contribution in [0.15, 0.2) is 54.9 Å². The van der Waals surface area contributed by atoms with Gasteiger partial charge in [0, 0.05) is 23.8 Å². The SMILES string of the molecule is Cc1ccc(NC(=O)c2cnc(Nc3ccc(C(F)(F)F)cc3)nc2)c(C)c1. The van der Waals surface area contributed by atoms with Gasteiger partial charge >= 0.3 is 6.18 Å². The highest BCUT2D eigenvalue weighted by Gasteiger charge is 2.29. The van der Waals surface area contributed by atoms with Gasteiger partial charge in [-0.3, -0.25) is 4.79 Å². The maximum absolute atomic E-state index is 12.6. The Morgan fingerprint density at radius 3 is 2.18 bits per heavy atom. The minimum absolute atomic E-state index is 0.169. The molecular formula is C20H17F3N4O. The molecule has 0 bridgehead atoms. The number of nitrogens with one attached hydrogen (secondary N) is 2. The number of anilines is 3. The van der Waals surface area contributed by atoms with Gasteiger partial charge in [-0.1, -0.05) is 17.7 Å². The Bertz CT molecular complexity index is 984. The van der Waals surface area contributed by atoms with Crippen molar-refractivity contribution in [1.29, 1.82) is 0 Å². The van der Waals surface area contributed by atoms with Crippen LogP contribution in [0.4, 0.5) is 30.5 Å². The van der Waals surface area contributed by atoms with Crippen LogP contribution < -0.4 is 10.6 Å². The molecule has 0 aliphatic rings. The maximum Gasteiger partial charge on any atom is 0.416 e. The number of halogens is 3. The monoisotopic (exact) mass is 386 g/mol. The van der Waals surface area contributed by atoms with Gasteiger partial charge in [0.2, 0.25) is 5.95 Å². The van der Waals surface area contributed by atoms with Crippen LogP contribution in [0.3, 0.4) is 0 Å². The van der Waals surface area contributed by atoms with E-state index in [4.69, 9.17) is 0 Å². The molecule has 0 unspecified atom stereocenters. The van der Waals surface area contributed by atoms with Crippen molar-refractivity contribution in [3.63, 3.8) is 0 Å². The van der Waals surface area contributed by atoms with Gasteiger partial charge in [-0.15, -0.1) is 0 Å². The number of nitrogens with zero attached hydrogens (tertiary/aromatic N) is 2. The molecule has 2 aromatic carbocycles. The number of carbonyl (C=O) groups is 1. The van der Waals surface area contributed by atoms with E-state index in [1.54, 1.807) is 0 Å². The minimum Gasteiger partial charge on any atom is -0.324 e. The van der Waals surface area contributed by atoms with Gasteiger partial charge in [0.1, 0.15) is 0 Å². The number of carbonyl (C=O) groups excluding carboxylic acids is 1. The molecule has 0 saturated heterocycles. The molecule has 2 N–H and O–H groups in total. The Hall–Kier alpha value is -3.42. The van der Waals surface area contributed by atoms with Crippen LogP contribution in [0.5, 0.6) is 0 Å². The van der Waals surface area contributed by atoms with E-state index in [-0.39, 0.29) is 17.4 Å². The third kappa shape index (κ3) is 4.64. The summed E-state index contributed by atoms with van der Waals surface area (Å²) in [7, 11) is 0. The Morgan fingerprint density at radius 1 is 0.964 bits per heavy atom. The highest BCUT2D eigenvalue weighted by atomic mass is 19.4. The second-order valence-corrected chi connectivity index (χ2v) is 6.27. The van der Waals surface area contributed by atoms with Crippen molar-refractivity contribution < 1.29 is 18.0 Å². The first-order valence-corrected chi connectivity index (χ1v) is 8.37. The molecule has 3 aromatic rings. The summed E-state index contributed by atoms with van der Waals surface area (Å²) < 4.78 is 37.8. The van der Waals surface area contributed by atoms with E-state index >= 15 is 0 Å². The summed E-state index contributed by atoms with van der Waals surface area (Å²) in [5.41, 5.74) is 2.66. The number of aryl methyl sites for hydroxylation is 2. The van der Waals surface area contributed by atoms with Crippen molar-refractivity contribution in [1.82, 2.24) is 9.97 Å². The van der Waals surface area contributed by atoms with E-state index in [1.165, 1.54) is 24.5 Å². The first-order valence-electron chi connectivity index (χ1n) is 8.37. The minimum atomic E-state index is -4.39. The molecule has 0 fully saturated rings. The number of rotatable bonds is 4. The first kappa shape index (κ1) is 19.3. The highest BCUT2D eigenvalue weighted by molar-refractivity contribution is 6.04. The summed E-state index contributed by atoms with van der Waals surface area (Å²) in [5.74, 6) is -0.184. The van der Waals surface area contributed by atoms with Crippen molar-refractivity contribution >= 4 is 23.2 Å². The average molecular weight is 386 g/mol. The fourth-order valence-corrected chi connectivity index (χ4v) is 2.53. The molecular weight excluding hydrogens is 369 g/mol. The predicted octanol–water partition coefficient (Wildman–Crippen LogP) is 5.11. The third-order valence-corrected chi connectivity index (χ3v) is 4.01. The van der Waals surface area contributed by atoms with Crippen LogP contribution in [0.25, 0.3) is 0 Å². The molecule has 0 radical (unpaired) electrons. The fourth-order valence-electron chi connectivity index (χ4n) is 2.53. The second-order valence-electron chi connectivity index (χ2n) is 6.27. The summed E-state index contributed by atoms with van der Waals surface area (Å²) in [6.07, 6.45) is -1.70. The van der Waals surface area contributed by atoms with E-state index < -0.39 is 11.7 Å². The average Bonchev–Trinajstić information content (AvgIpc) is 2.64. The molecule has 0 spiro atoms. The second kappa shape index (κ2) is 7.67. The molecule has 0 aliphatic carbocycles. The van der Waals surface area contributed by atoms with Crippen molar-refractivity contribution in [3.8, 4) is 0 Å². The van der Waals surface area contributed by atoms with Gasteiger partial charge in [-0.05, 0) is 49.7 Å². The zero-order chi connectivity index (χ0) is 20.3. The standard InChI is InChI=1S/C20H17F3N4O/c1-12-3-8-17(13(2)9-12)27-18(28)14-10-24-19(25-11-14)26-16-6-4-15(5-7-16)20(21,22)23/h3-11H,1-2H3,(H,27,28)(H,24,25,26). The first-order chi connectivity index (χ1) is 13.2. The van der Waals surface area contributed by atoms with Gasteiger partial charge in [0.15, 0.2) is 0 Å². The Labute approximate surface area is 159 Å². The molecule has 1 heterocycles. The predicted molar refractivity (Wildman–Crippen MR) is 101 cm³/mol. The van der Waals surface area contributed by atoms with Crippen LogP contribution >= 0.6 is 0 Å². The van der Waals surface area contributed by atoms with Crippen molar-refractivity contribution in [2.75, 3.05) is 10.6 Å². The van der Waals surface area contributed by atoms with Gasteiger partial charge in [-0.2, -0.15) is 13.2 Å². The van der Waals surface area contributed by atoms with E-state index in [0.717, 1.165) is 23.3 Å². The van der Waals surface area contributed by atoms with E-state index in [1.807, 2.05) is 32.0 Å². The molecule has 144 valence electrons. The molecule has 0 saturated carbocycles. The number of hydrogen-bond donors (Lipinski definition) is 2. The Kier molecular flexibility index (Phi) is 5.30. The third-order valence-electron chi connectivity index (χ3n) is 4.01. The molecule has 5 nitrogen and oxygen atoms in total. The lowest BCUT2D eigenvalue weighted by molar-refractivity contribution is -0.137. The van der Waals surface area contributed by atoms with Crippen LogP contribution in [0.2, 0.25) is 0 Å². The number of aromatic nitrogens is 2. The maximum atomic E-state index is 12.6. The summed E-state index contributed by atoms with van der Waals surface area (Å²) in [5, 5.41) is 5.59. The number of hydrogen-bond acceptors (Lipinski definition) is 4. The smallest absolute Gasteiger partial charge is 0.324 e. The van der Waals surface area contributed by atoms with Gasteiger partial charge < -0.3 is 10.6 Å². The quantitative estimate of drug-likeness (QED) is 0.654. The summed E-state index contributed by atoms with van der Waals surface area (Å²) in [6, 6.07) is 10.2. The highest BCUT2D eigenvalue weighted by Crippen LogP contribution is 2.30. The molecule has 8 heteroatoms. The summed E-state index contributed by atoms with van der Waals surface area (Å²) in [6.45, 7) is 3.87. The fraction of sp³-hybridized carbons (Fsp3) is 0.150. The molecule has 0 atom stereocenters. The van der Waals surface area contributed by atoms with E-state index in [9.17, 15) is 18.0 Å². The zero-order valence-electron chi connectivity index (χ0n) is 15.1. The summed E-state index contributed by atoms with van der Waals surface area (Å²) in [4.78, 5) is 20.4. The van der Waals surface area contributed by atoms with Crippen LogP contribution in [-0.4, -0.2) is 15.9 Å². The van der Waals surface area contributed by atoms with Gasteiger partial charge in [0.25, 0.3) is 5.91 Å². The van der Waals surface area contributed by atoms with E-state index in [0.29, 0.717) is 11.4 Å². The molecule has 3 rings (SSSR count). The van der Waals surface area contributed by atoms with Crippen molar-refractivity contribution in [2.24, 2.45) is 0 Å². The molecule has 0 aliphatic heterocycles. The molecule has 28 heavy (non-hydrogen) atoms. The van der Waals surface area contributed by atoms with Crippen molar-refractivity contribution in [2.45, 2.75) is 20.0 Å². The van der Waals surface area contributed by atoms with E-state index in [2.05, 4.69) is 20.6 Å².